The van der Waals surface area contributed by atoms with E-state index < -0.39 is 0 Å². The Hall–Kier alpha value is -0.300. The van der Waals surface area contributed by atoms with E-state index in [0.29, 0.717) is 0 Å². The van der Waals surface area contributed by atoms with Crippen LogP contribution in [0.25, 0.3) is 0 Å². The van der Waals surface area contributed by atoms with Crippen molar-refractivity contribution in [2.45, 2.75) is 31.8 Å². The Labute approximate surface area is 73.6 Å². The van der Waals surface area contributed by atoms with E-state index in [2.05, 4.69) is 13.5 Å². The van der Waals surface area contributed by atoms with E-state index in [-0.39, 0.29) is 0 Å². The van der Waals surface area contributed by atoms with Crippen LogP contribution in [0.4, 0.5) is 0 Å². The third kappa shape index (κ3) is 0.443. The zero-order valence-electron chi connectivity index (χ0n) is 7.66. The van der Waals surface area contributed by atoms with Gasteiger partial charge in [0.05, 0.1) is 12.5 Å². The molecule has 2 heterocycles. The van der Waals surface area contributed by atoms with Crippen LogP contribution >= 0.6 is 0 Å². The highest BCUT2D eigenvalue weighted by molar-refractivity contribution is 5.30. The highest BCUT2D eigenvalue weighted by Gasteiger charge is 2.88. The Bertz CT molecular complexity index is 295. The molecule has 4 fully saturated rings. The maximum Gasteiger partial charge on any atom is 0.177 e. The lowest BCUT2D eigenvalue weighted by molar-refractivity contribution is -0.842. The van der Waals surface area contributed by atoms with Crippen LogP contribution in [0.5, 0.6) is 0 Å². The quantitative estimate of drug-likeness (QED) is 0.429. The molecule has 0 aromatic rings. The van der Waals surface area contributed by atoms with E-state index in [4.69, 9.17) is 0 Å². The lowest BCUT2D eigenvalue weighted by atomic mass is 10.2. The molecule has 0 radical (unpaired) electrons. The summed E-state index contributed by atoms with van der Waals surface area (Å²) in [6, 6.07) is 2.03. The van der Waals surface area contributed by atoms with Crippen LogP contribution in [-0.2, 0) is 0 Å². The third-order valence-electron chi connectivity index (χ3n) is 4.92. The molecule has 0 amide bonds. The van der Waals surface area contributed by atoms with Gasteiger partial charge in [-0.3, -0.25) is 4.48 Å². The van der Waals surface area contributed by atoms with Crippen molar-refractivity contribution in [3.05, 3.63) is 12.3 Å². The lowest BCUT2D eigenvalue weighted by Crippen LogP contribution is -2.43. The van der Waals surface area contributed by atoms with Crippen LogP contribution in [0.2, 0.25) is 0 Å². The van der Waals surface area contributed by atoms with E-state index in [1.807, 2.05) is 0 Å². The molecule has 2 aliphatic carbocycles. The molecule has 0 spiro atoms. The van der Waals surface area contributed by atoms with E-state index in [1.165, 1.54) is 23.9 Å². The van der Waals surface area contributed by atoms with Crippen molar-refractivity contribution in [3.8, 4) is 0 Å². The largest absolute Gasteiger partial charge is 0.276 e. The zero-order chi connectivity index (χ0) is 8.09. The fourth-order valence-corrected chi connectivity index (χ4v) is 3.81. The van der Waals surface area contributed by atoms with Gasteiger partial charge >= 0.3 is 0 Å². The summed E-state index contributed by atoms with van der Waals surface area (Å²) >= 11 is 0. The lowest BCUT2D eigenvalue weighted by Gasteiger charge is -2.25. The van der Waals surface area contributed by atoms with Crippen LogP contribution in [0.3, 0.4) is 0 Å². The fourth-order valence-electron chi connectivity index (χ4n) is 3.81. The molecule has 4 rings (SSSR count). The van der Waals surface area contributed by atoms with Gasteiger partial charge in [-0.05, 0) is 18.9 Å². The van der Waals surface area contributed by atoms with Gasteiger partial charge in [-0.25, -0.2) is 0 Å². The number of piperidine rings is 1. The average Bonchev–Trinajstić information content (AvgIpc) is 2.85. The van der Waals surface area contributed by atoms with Crippen molar-refractivity contribution in [1.82, 2.24) is 0 Å². The fraction of sp³-hybridized carbons (Fsp3) is 0.818. The standard InChI is InChI=1S/C11H16N/c1-6-3-8(6)5-12-7(2)11(12)9-4-10(9)12/h6,8-11H,2-5H2,1H3/q+1. The molecule has 12 heavy (non-hydrogen) atoms. The molecule has 0 bridgehead atoms. The van der Waals surface area contributed by atoms with Gasteiger partial charge in [0.2, 0.25) is 0 Å². The van der Waals surface area contributed by atoms with Gasteiger partial charge in [0.1, 0.15) is 6.04 Å². The molecule has 0 aromatic carbocycles. The maximum absolute atomic E-state index is 4.22. The predicted octanol–water partition coefficient (Wildman–Crippen LogP) is 1.76. The molecule has 6 atom stereocenters. The molecule has 64 valence electrons. The number of nitrogens with zero attached hydrogens (tertiary/aromatic N) is 1. The Morgan fingerprint density at radius 1 is 1.50 bits per heavy atom. The Balaban J connectivity index is 1.58. The van der Waals surface area contributed by atoms with Crippen molar-refractivity contribution in [2.75, 3.05) is 6.54 Å². The van der Waals surface area contributed by atoms with Gasteiger partial charge in [-0.1, -0.05) is 6.92 Å². The summed E-state index contributed by atoms with van der Waals surface area (Å²) in [6.07, 6.45) is 3.03. The summed E-state index contributed by atoms with van der Waals surface area (Å²) in [5.74, 6) is 3.20. The van der Waals surface area contributed by atoms with Crippen molar-refractivity contribution < 1.29 is 4.48 Å². The topological polar surface area (TPSA) is 0 Å². The van der Waals surface area contributed by atoms with Crippen LogP contribution in [0.1, 0.15) is 19.8 Å². The van der Waals surface area contributed by atoms with Crippen molar-refractivity contribution >= 4 is 0 Å². The first-order chi connectivity index (χ1) is 5.75. The number of fused-ring (bicyclic) bond motifs is 4. The second-order valence-electron chi connectivity index (χ2n) is 5.49. The Morgan fingerprint density at radius 3 is 2.75 bits per heavy atom. The molecule has 2 aliphatic heterocycles. The molecule has 0 N–H and O–H groups in total. The van der Waals surface area contributed by atoms with E-state index in [1.54, 1.807) is 5.70 Å². The number of hydrogen-bond donors (Lipinski definition) is 0. The first kappa shape index (κ1) is 6.20. The van der Waals surface area contributed by atoms with Gasteiger partial charge in [0.25, 0.3) is 0 Å². The molecule has 1 heteroatoms. The SMILES string of the molecule is C=C1C2C3CC3[N+]12CC1CC1C. The third-order valence-corrected chi connectivity index (χ3v) is 4.92. The number of rotatable bonds is 2. The van der Waals surface area contributed by atoms with E-state index in [9.17, 15) is 0 Å². The highest BCUT2D eigenvalue weighted by Crippen LogP contribution is 2.74. The number of hydrogen-bond acceptors (Lipinski definition) is 0. The molecule has 4 aliphatic rings. The van der Waals surface area contributed by atoms with Gasteiger partial charge in [0, 0.05) is 12.3 Å². The second-order valence-corrected chi connectivity index (χ2v) is 5.49. The zero-order valence-corrected chi connectivity index (χ0v) is 7.66. The molecule has 2 saturated heterocycles. The second kappa shape index (κ2) is 1.41. The first-order valence-corrected chi connectivity index (χ1v) is 5.32. The summed E-state index contributed by atoms with van der Waals surface area (Å²) < 4.78 is 1.40. The minimum absolute atomic E-state index is 0.961. The molecule has 6 unspecified atom stereocenters. The summed E-state index contributed by atoms with van der Waals surface area (Å²) in [5, 5.41) is 0. The summed E-state index contributed by atoms with van der Waals surface area (Å²) in [5.41, 5.74) is 1.59. The smallest absolute Gasteiger partial charge is 0.177 e. The van der Waals surface area contributed by atoms with E-state index >= 15 is 0 Å². The van der Waals surface area contributed by atoms with Crippen molar-refractivity contribution in [3.63, 3.8) is 0 Å². The highest BCUT2D eigenvalue weighted by atomic mass is 15.6. The van der Waals surface area contributed by atoms with Crippen LogP contribution in [0.15, 0.2) is 12.3 Å². The Morgan fingerprint density at radius 2 is 2.25 bits per heavy atom. The normalized spacial score (nSPS) is 69.4. The van der Waals surface area contributed by atoms with Crippen LogP contribution in [-0.4, -0.2) is 23.1 Å². The van der Waals surface area contributed by atoms with Gasteiger partial charge in [-0.2, -0.15) is 0 Å². The Kier molecular flexibility index (Phi) is 0.730. The summed E-state index contributed by atoms with van der Waals surface area (Å²) in [4.78, 5) is 0. The average molecular weight is 162 g/mol. The maximum atomic E-state index is 4.22. The van der Waals surface area contributed by atoms with Crippen molar-refractivity contribution in [2.24, 2.45) is 17.8 Å². The minimum atomic E-state index is 0.961. The summed E-state index contributed by atoms with van der Waals surface area (Å²) in [6.45, 7) is 8.08. The summed E-state index contributed by atoms with van der Waals surface area (Å²) in [7, 11) is 0. The van der Waals surface area contributed by atoms with E-state index in [0.717, 1.165) is 29.8 Å². The predicted molar refractivity (Wildman–Crippen MR) is 47.2 cm³/mol. The van der Waals surface area contributed by atoms with Crippen LogP contribution in [0, 0.1) is 17.8 Å². The van der Waals surface area contributed by atoms with Gasteiger partial charge in [-0.15, -0.1) is 0 Å². The molecular weight excluding hydrogens is 146 g/mol. The van der Waals surface area contributed by atoms with Gasteiger partial charge in [0.15, 0.2) is 11.7 Å². The minimum Gasteiger partial charge on any atom is -0.276 e. The van der Waals surface area contributed by atoms with Crippen LogP contribution < -0.4 is 0 Å². The number of quaternary nitrogens is 1. The van der Waals surface area contributed by atoms with Crippen molar-refractivity contribution in [1.29, 1.82) is 0 Å². The molecular formula is C11H16N+. The van der Waals surface area contributed by atoms with Gasteiger partial charge < -0.3 is 0 Å². The molecule has 0 aromatic heterocycles. The monoisotopic (exact) mass is 162 g/mol. The molecule has 2 saturated carbocycles. The molecule has 1 nitrogen and oxygen atoms in total. The first-order valence-electron chi connectivity index (χ1n) is 5.32.